The summed E-state index contributed by atoms with van der Waals surface area (Å²) in [6.45, 7) is -0.0443. The lowest BCUT2D eigenvalue weighted by molar-refractivity contribution is -0.127. The molecule has 1 fully saturated rings. The van der Waals surface area contributed by atoms with Crippen LogP contribution in [0.25, 0.3) is 0 Å². The van der Waals surface area contributed by atoms with Crippen molar-refractivity contribution >= 4 is 37.7 Å². The molecule has 1 aromatic rings. The van der Waals surface area contributed by atoms with Crippen LogP contribution in [0.3, 0.4) is 0 Å². The summed E-state index contributed by atoms with van der Waals surface area (Å²) >= 11 is 1.07. The van der Waals surface area contributed by atoms with Crippen molar-refractivity contribution in [3.63, 3.8) is 0 Å². The molecule has 0 spiro atoms. The van der Waals surface area contributed by atoms with E-state index in [1.165, 1.54) is 26.2 Å². The van der Waals surface area contributed by atoms with E-state index in [9.17, 15) is 26.0 Å². The maximum absolute atomic E-state index is 14.6. The number of sulfone groups is 1. The van der Waals surface area contributed by atoms with Crippen LogP contribution in [-0.2, 0) is 24.8 Å². The first-order chi connectivity index (χ1) is 15.5. The highest BCUT2D eigenvalue weighted by Crippen LogP contribution is 2.33. The smallest absolute Gasteiger partial charge is 0.278 e. The number of nitrogens with zero attached hydrogens (tertiary/aromatic N) is 2. The van der Waals surface area contributed by atoms with Gasteiger partial charge in [-0.1, -0.05) is 12.8 Å². The van der Waals surface area contributed by atoms with Crippen LogP contribution in [0.1, 0.15) is 25.7 Å². The second-order valence-electron chi connectivity index (χ2n) is 7.93. The number of carbonyl (C=O) groups excluding carboxylic acids is 1. The zero-order chi connectivity index (χ0) is 24.6. The van der Waals surface area contributed by atoms with Crippen molar-refractivity contribution in [3.05, 3.63) is 24.0 Å². The van der Waals surface area contributed by atoms with Crippen molar-refractivity contribution in [2.75, 3.05) is 38.7 Å². The Balaban J connectivity index is 2.03. The number of hydrogen-bond donors (Lipinski definition) is 2. The number of nitriles is 1. The number of rotatable bonds is 11. The normalized spacial score (nSPS) is 19.2. The second kappa shape index (κ2) is 12.1. The van der Waals surface area contributed by atoms with Gasteiger partial charge in [0.1, 0.15) is 12.4 Å². The molecule has 0 aromatic heterocycles. The van der Waals surface area contributed by atoms with Crippen LogP contribution in [0.2, 0.25) is 0 Å². The fraction of sp³-hybridized carbons (Fsp3) is 0.600. The zero-order valence-electron chi connectivity index (χ0n) is 18.6. The lowest BCUT2D eigenvalue weighted by Crippen LogP contribution is -2.39. The van der Waals surface area contributed by atoms with Crippen LogP contribution in [0.5, 0.6) is 0 Å². The Morgan fingerprint density at radius 1 is 1.24 bits per heavy atom. The molecule has 2 N–H and O–H groups in total. The lowest BCUT2D eigenvalue weighted by Gasteiger charge is -2.30. The van der Waals surface area contributed by atoms with Crippen molar-refractivity contribution in [1.29, 1.82) is 5.26 Å². The Labute approximate surface area is 199 Å². The van der Waals surface area contributed by atoms with Gasteiger partial charge in [0.2, 0.25) is 5.91 Å². The first-order valence-electron chi connectivity index (χ1n) is 10.4. The lowest BCUT2D eigenvalue weighted by atomic mass is 9.80. The van der Waals surface area contributed by atoms with Crippen molar-refractivity contribution in [2.24, 2.45) is 11.8 Å². The third kappa shape index (κ3) is 7.92. The summed E-state index contributed by atoms with van der Waals surface area (Å²) in [6.07, 6.45) is 2.75. The molecule has 0 unspecified atom stereocenters. The molecule has 0 radical (unpaired) electrons. The number of nitrogens with one attached hydrogen (secondary N) is 2. The zero-order valence-corrected chi connectivity index (χ0v) is 21.0. The highest BCUT2D eigenvalue weighted by Gasteiger charge is 2.34. The van der Waals surface area contributed by atoms with Gasteiger partial charge < -0.3 is 5.32 Å². The van der Waals surface area contributed by atoms with Crippen molar-refractivity contribution in [1.82, 2.24) is 14.3 Å². The fourth-order valence-corrected chi connectivity index (χ4v) is 6.89. The molecule has 9 nitrogen and oxygen atoms in total. The molecule has 1 aliphatic carbocycles. The quantitative estimate of drug-likeness (QED) is 0.256. The monoisotopic (exact) mass is 520 g/mol. The first-order valence-corrected chi connectivity index (χ1v) is 14.5. The van der Waals surface area contributed by atoms with Gasteiger partial charge in [0, 0.05) is 37.2 Å². The van der Waals surface area contributed by atoms with E-state index in [-0.39, 0.29) is 40.3 Å². The Hall–Kier alpha value is -1.72. The average molecular weight is 521 g/mol. The van der Waals surface area contributed by atoms with Crippen molar-refractivity contribution in [3.8, 4) is 6.07 Å². The van der Waals surface area contributed by atoms with Crippen molar-refractivity contribution in [2.45, 2.75) is 35.5 Å². The minimum Gasteiger partial charge on any atom is -0.343 e. The molecule has 0 heterocycles. The first kappa shape index (κ1) is 27.5. The predicted octanol–water partition coefficient (Wildman–Crippen LogP) is 1.53. The van der Waals surface area contributed by atoms with Gasteiger partial charge in [0.05, 0.1) is 16.7 Å². The van der Waals surface area contributed by atoms with Gasteiger partial charge in [0.15, 0.2) is 9.84 Å². The van der Waals surface area contributed by atoms with Gasteiger partial charge >= 0.3 is 0 Å². The van der Waals surface area contributed by atoms with Crippen LogP contribution in [0.15, 0.2) is 28.0 Å². The summed E-state index contributed by atoms with van der Waals surface area (Å²) in [5.74, 6) is -1.92. The SMILES string of the molecule is CN(C)S(=O)(=O)NCCSc1ccc(S(=O)(=O)C[C@@H]2CCCC[C@H]2C(=O)NCC#N)cc1F. The molecule has 184 valence electrons. The molecule has 1 saturated carbocycles. The van der Waals surface area contributed by atoms with Crippen LogP contribution >= 0.6 is 11.8 Å². The van der Waals surface area contributed by atoms with E-state index in [4.69, 9.17) is 5.26 Å². The van der Waals surface area contributed by atoms with E-state index in [2.05, 4.69) is 10.0 Å². The third-order valence-corrected chi connectivity index (χ3v) is 9.83. The van der Waals surface area contributed by atoms with E-state index >= 15 is 0 Å². The molecule has 0 saturated heterocycles. The summed E-state index contributed by atoms with van der Waals surface area (Å²) in [7, 11) is -4.62. The maximum atomic E-state index is 14.6. The summed E-state index contributed by atoms with van der Waals surface area (Å²) in [4.78, 5) is 12.4. The van der Waals surface area contributed by atoms with Crippen LogP contribution in [0.4, 0.5) is 4.39 Å². The van der Waals surface area contributed by atoms with Crippen LogP contribution in [-0.4, -0.2) is 65.7 Å². The molecular weight excluding hydrogens is 491 g/mol. The van der Waals surface area contributed by atoms with Gasteiger partial charge in [0.25, 0.3) is 10.2 Å². The van der Waals surface area contributed by atoms with E-state index in [0.717, 1.165) is 35.0 Å². The standard InChI is InChI=1S/C20H29FN4O5S3/c1-25(2)33(29,30)24-11-12-31-19-8-7-16(13-18(19)21)32(27,28)14-15-5-3-4-6-17(15)20(26)23-10-9-22/h7-8,13,15,17,24H,3-6,10-12,14H2,1-2H3,(H,23,26)/t15-,17+/m0/s1. The molecule has 0 bridgehead atoms. The topological polar surface area (TPSA) is 136 Å². The fourth-order valence-electron chi connectivity index (χ4n) is 3.64. The molecule has 1 amide bonds. The van der Waals surface area contributed by atoms with E-state index in [1.54, 1.807) is 0 Å². The number of benzene rings is 1. The average Bonchev–Trinajstić information content (AvgIpc) is 2.75. The maximum Gasteiger partial charge on any atom is 0.278 e. The Morgan fingerprint density at radius 3 is 2.58 bits per heavy atom. The van der Waals surface area contributed by atoms with Gasteiger partial charge in [-0.05, 0) is 37.0 Å². The van der Waals surface area contributed by atoms with Gasteiger partial charge in [-0.25, -0.2) is 17.5 Å². The number of hydrogen-bond acceptors (Lipinski definition) is 7. The largest absolute Gasteiger partial charge is 0.343 e. The van der Waals surface area contributed by atoms with Gasteiger partial charge in [-0.2, -0.15) is 18.0 Å². The second-order valence-corrected chi connectivity index (χ2v) is 13.1. The third-order valence-electron chi connectivity index (χ3n) is 5.41. The number of halogens is 1. The van der Waals surface area contributed by atoms with Gasteiger partial charge in [-0.15, -0.1) is 11.8 Å². The molecule has 2 atom stereocenters. The molecule has 2 rings (SSSR count). The predicted molar refractivity (Wildman–Crippen MR) is 124 cm³/mol. The minimum atomic E-state index is -3.83. The molecule has 33 heavy (non-hydrogen) atoms. The molecule has 1 aromatic carbocycles. The van der Waals surface area contributed by atoms with E-state index in [0.29, 0.717) is 12.8 Å². The van der Waals surface area contributed by atoms with E-state index < -0.39 is 37.7 Å². The summed E-state index contributed by atoms with van der Waals surface area (Å²) in [5.41, 5.74) is 0. The van der Waals surface area contributed by atoms with E-state index in [1.807, 2.05) is 6.07 Å². The summed E-state index contributed by atoms with van der Waals surface area (Å²) in [5, 5.41) is 11.2. The Kier molecular flexibility index (Phi) is 10.1. The number of thioether (sulfide) groups is 1. The van der Waals surface area contributed by atoms with Gasteiger partial charge in [-0.3, -0.25) is 4.79 Å². The Bertz CT molecular complexity index is 1090. The molecule has 1 aliphatic rings. The molecule has 0 aliphatic heterocycles. The number of amides is 1. The minimum absolute atomic E-state index is 0.0849. The van der Waals surface area contributed by atoms with Crippen LogP contribution < -0.4 is 10.0 Å². The van der Waals surface area contributed by atoms with Crippen LogP contribution in [0, 0.1) is 29.0 Å². The summed E-state index contributed by atoms with van der Waals surface area (Å²) in [6, 6.07) is 5.50. The molecule has 13 heteroatoms. The highest BCUT2D eigenvalue weighted by atomic mass is 32.2. The number of carbonyl (C=O) groups is 1. The highest BCUT2D eigenvalue weighted by molar-refractivity contribution is 7.99. The summed E-state index contributed by atoms with van der Waals surface area (Å²) < 4.78 is 67.2. The Morgan fingerprint density at radius 2 is 1.94 bits per heavy atom. The van der Waals surface area contributed by atoms with Crippen molar-refractivity contribution < 1.29 is 26.0 Å². The molecular formula is C20H29FN4O5S3.